The maximum atomic E-state index is 13.1. The number of benzene rings is 1. The molecule has 1 aromatic rings. The van der Waals surface area contributed by atoms with Crippen LogP contribution in [0.4, 0.5) is 8.78 Å². The molecule has 0 amide bonds. The molecular formula is C10H10ClF2NO2. The molecule has 3 N–H and O–H groups in total. The van der Waals surface area contributed by atoms with Crippen LogP contribution >= 0.6 is 11.6 Å². The van der Waals surface area contributed by atoms with Crippen LogP contribution in [0.5, 0.6) is 0 Å². The van der Waals surface area contributed by atoms with Gasteiger partial charge in [0, 0.05) is 12.5 Å². The molecule has 16 heavy (non-hydrogen) atoms. The summed E-state index contributed by atoms with van der Waals surface area (Å²) in [5.74, 6) is -2.81. The highest BCUT2D eigenvalue weighted by Crippen LogP contribution is 2.24. The molecule has 0 fully saturated rings. The number of nitrogens with two attached hydrogens (primary N) is 1. The summed E-state index contributed by atoms with van der Waals surface area (Å²) in [7, 11) is 0. The third-order valence-electron chi connectivity index (χ3n) is 2.10. The van der Waals surface area contributed by atoms with E-state index in [-0.39, 0.29) is 18.4 Å². The monoisotopic (exact) mass is 249 g/mol. The standard InChI is InChI=1S/C10H10ClF2NO2/c11-10-6(12)3-5(4-7(10)13)8(14)1-2-9(15)16/h3-4,8H,1-2,14H2,(H,15,16). The van der Waals surface area contributed by atoms with Crippen molar-refractivity contribution in [2.45, 2.75) is 18.9 Å². The topological polar surface area (TPSA) is 63.3 Å². The minimum Gasteiger partial charge on any atom is -0.481 e. The Labute approximate surface area is 95.8 Å². The van der Waals surface area contributed by atoms with Crippen molar-refractivity contribution in [1.29, 1.82) is 0 Å². The summed E-state index contributed by atoms with van der Waals surface area (Å²) >= 11 is 5.30. The van der Waals surface area contributed by atoms with Gasteiger partial charge in [-0.05, 0) is 24.1 Å². The second kappa shape index (κ2) is 5.23. The predicted octanol–water partition coefficient (Wildman–Crippen LogP) is 2.48. The minimum atomic E-state index is -1.01. The molecule has 3 nitrogen and oxygen atoms in total. The van der Waals surface area contributed by atoms with Crippen LogP contribution in [-0.4, -0.2) is 11.1 Å². The first kappa shape index (κ1) is 12.9. The van der Waals surface area contributed by atoms with Gasteiger partial charge in [0.2, 0.25) is 0 Å². The second-order valence-electron chi connectivity index (χ2n) is 3.34. The van der Waals surface area contributed by atoms with Gasteiger partial charge in [-0.1, -0.05) is 11.6 Å². The Morgan fingerprint density at radius 1 is 1.44 bits per heavy atom. The molecule has 1 atom stereocenters. The van der Waals surface area contributed by atoms with E-state index >= 15 is 0 Å². The van der Waals surface area contributed by atoms with Gasteiger partial charge in [0.25, 0.3) is 0 Å². The summed E-state index contributed by atoms with van der Waals surface area (Å²) in [6, 6.07) is 1.30. The van der Waals surface area contributed by atoms with Crippen molar-refractivity contribution in [1.82, 2.24) is 0 Å². The zero-order chi connectivity index (χ0) is 12.3. The van der Waals surface area contributed by atoms with Crippen LogP contribution in [0.25, 0.3) is 0 Å². The lowest BCUT2D eigenvalue weighted by Gasteiger charge is -2.11. The fourth-order valence-corrected chi connectivity index (χ4v) is 1.34. The Morgan fingerprint density at radius 2 is 1.94 bits per heavy atom. The lowest BCUT2D eigenvalue weighted by molar-refractivity contribution is -0.137. The van der Waals surface area contributed by atoms with Crippen LogP contribution in [0.2, 0.25) is 5.02 Å². The summed E-state index contributed by atoms with van der Waals surface area (Å²) in [6.07, 6.45) is -0.0527. The first-order valence-corrected chi connectivity index (χ1v) is 4.91. The highest BCUT2D eigenvalue weighted by Gasteiger charge is 2.14. The van der Waals surface area contributed by atoms with Gasteiger partial charge in [0.1, 0.15) is 16.7 Å². The van der Waals surface area contributed by atoms with Crippen molar-refractivity contribution in [2.24, 2.45) is 5.73 Å². The molecule has 0 aliphatic heterocycles. The summed E-state index contributed by atoms with van der Waals surface area (Å²) in [5, 5.41) is 7.85. The van der Waals surface area contributed by atoms with Crippen LogP contribution in [0.15, 0.2) is 12.1 Å². The van der Waals surface area contributed by atoms with Gasteiger partial charge in [-0.15, -0.1) is 0 Å². The Morgan fingerprint density at radius 3 is 2.38 bits per heavy atom. The van der Waals surface area contributed by atoms with Gasteiger partial charge in [0.15, 0.2) is 0 Å². The molecule has 0 aliphatic rings. The molecular weight excluding hydrogens is 240 g/mol. The molecule has 0 bridgehead atoms. The fraction of sp³-hybridized carbons (Fsp3) is 0.300. The minimum absolute atomic E-state index is 0.107. The zero-order valence-electron chi connectivity index (χ0n) is 8.21. The molecule has 1 aromatic carbocycles. The smallest absolute Gasteiger partial charge is 0.303 e. The van der Waals surface area contributed by atoms with Gasteiger partial charge in [-0.2, -0.15) is 0 Å². The van der Waals surface area contributed by atoms with E-state index in [2.05, 4.69) is 0 Å². The van der Waals surface area contributed by atoms with Crippen molar-refractivity contribution in [3.8, 4) is 0 Å². The average molecular weight is 250 g/mol. The van der Waals surface area contributed by atoms with Gasteiger partial charge < -0.3 is 10.8 Å². The molecule has 0 spiro atoms. The normalized spacial score (nSPS) is 12.5. The molecule has 1 rings (SSSR count). The van der Waals surface area contributed by atoms with E-state index < -0.39 is 28.7 Å². The van der Waals surface area contributed by atoms with E-state index in [0.717, 1.165) is 12.1 Å². The molecule has 0 heterocycles. The maximum Gasteiger partial charge on any atom is 0.303 e. The van der Waals surface area contributed by atoms with Crippen molar-refractivity contribution in [2.75, 3.05) is 0 Å². The quantitative estimate of drug-likeness (QED) is 0.806. The predicted molar refractivity (Wildman–Crippen MR) is 55.2 cm³/mol. The van der Waals surface area contributed by atoms with Crippen LogP contribution in [0, 0.1) is 11.6 Å². The van der Waals surface area contributed by atoms with E-state index in [9.17, 15) is 13.6 Å². The number of hydrogen-bond acceptors (Lipinski definition) is 2. The number of carboxylic acids is 1. The van der Waals surface area contributed by atoms with Gasteiger partial charge in [0.05, 0.1) is 0 Å². The van der Waals surface area contributed by atoms with Gasteiger partial charge in [-0.25, -0.2) is 8.78 Å². The van der Waals surface area contributed by atoms with Crippen LogP contribution in [-0.2, 0) is 4.79 Å². The molecule has 6 heteroatoms. The first-order valence-electron chi connectivity index (χ1n) is 4.53. The maximum absolute atomic E-state index is 13.1. The largest absolute Gasteiger partial charge is 0.481 e. The second-order valence-corrected chi connectivity index (χ2v) is 3.72. The van der Waals surface area contributed by atoms with E-state index in [0.29, 0.717) is 0 Å². The lowest BCUT2D eigenvalue weighted by Crippen LogP contribution is -2.13. The van der Waals surface area contributed by atoms with E-state index in [1.807, 2.05) is 0 Å². The summed E-state index contributed by atoms with van der Waals surface area (Å²) in [6.45, 7) is 0. The van der Waals surface area contributed by atoms with E-state index in [1.54, 1.807) is 0 Å². The summed E-state index contributed by atoms with van der Waals surface area (Å²) in [4.78, 5) is 10.3. The molecule has 0 saturated carbocycles. The van der Waals surface area contributed by atoms with Crippen molar-refractivity contribution >= 4 is 17.6 Å². The highest BCUT2D eigenvalue weighted by atomic mass is 35.5. The third-order valence-corrected chi connectivity index (χ3v) is 2.46. The van der Waals surface area contributed by atoms with Crippen LogP contribution in [0.1, 0.15) is 24.4 Å². The first-order chi connectivity index (χ1) is 7.41. The Kier molecular flexibility index (Phi) is 4.20. The Hall–Kier alpha value is -1.20. The molecule has 0 aliphatic carbocycles. The molecule has 0 saturated heterocycles. The molecule has 0 aromatic heterocycles. The van der Waals surface area contributed by atoms with Gasteiger partial charge >= 0.3 is 5.97 Å². The van der Waals surface area contributed by atoms with E-state index in [4.69, 9.17) is 22.4 Å². The fourth-order valence-electron chi connectivity index (χ4n) is 1.23. The summed E-state index contributed by atoms with van der Waals surface area (Å²) in [5.41, 5.74) is 5.79. The molecule has 0 radical (unpaired) electrons. The zero-order valence-corrected chi connectivity index (χ0v) is 8.97. The highest BCUT2D eigenvalue weighted by molar-refractivity contribution is 6.30. The summed E-state index contributed by atoms with van der Waals surface area (Å²) < 4.78 is 26.1. The van der Waals surface area contributed by atoms with Crippen molar-refractivity contribution in [3.05, 3.63) is 34.4 Å². The number of halogens is 3. The number of carboxylic acid groups (broad SMARTS) is 1. The number of aliphatic carboxylic acids is 1. The van der Waals surface area contributed by atoms with Crippen LogP contribution < -0.4 is 5.73 Å². The van der Waals surface area contributed by atoms with E-state index in [1.165, 1.54) is 0 Å². The Balaban J connectivity index is 2.84. The van der Waals surface area contributed by atoms with Crippen LogP contribution in [0.3, 0.4) is 0 Å². The third kappa shape index (κ3) is 3.15. The molecule has 1 unspecified atom stereocenters. The van der Waals surface area contributed by atoms with Crippen molar-refractivity contribution < 1.29 is 18.7 Å². The van der Waals surface area contributed by atoms with Crippen molar-refractivity contribution in [3.63, 3.8) is 0 Å². The number of hydrogen-bond donors (Lipinski definition) is 2. The van der Waals surface area contributed by atoms with Gasteiger partial charge in [-0.3, -0.25) is 4.79 Å². The molecule has 88 valence electrons. The number of rotatable bonds is 4. The number of carbonyl (C=O) groups is 1. The lowest BCUT2D eigenvalue weighted by atomic mass is 10.0. The average Bonchev–Trinajstić information content (AvgIpc) is 2.21. The SMILES string of the molecule is NC(CCC(=O)O)c1cc(F)c(Cl)c(F)c1. The Bertz CT molecular complexity index is 389.